The van der Waals surface area contributed by atoms with E-state index in [2.05, 4.69) is 35.9 Å². The van der Waals surface area contributed by atoms with Gasteiger partial charge in [0.2, 0.25) is 5.95 Å². The summed E-state index contributed by atoms with van der Waals surface area (Å²) < 4.78 is 23.5. The minimum absolute atomic E-state index is 0.0621. The van der Waals surface area contributed by atoms with Crippen LogP contribution >= 0.6 is 11.3 Å². The van der Waals surface area contributed by atoms with E-state index in [-0.39, 0.29) is 29.7 Å². The van der Waals surface area contributed by atoms with Crippen molar-refractivity contribution >= 4 is 48.4 Å². The lowest BCUT2D eigenvalue weighted by Gasteiger charge is -2.26. The number of hydrogen-bond donors (Lipinski definition) is 4. The van der Waals surface area contributed by atoms with Crippen molar-refractivity contribution < 1.29 is 13.5 Å². The molecule has 1 saturated carbocycles. The molecule has 5 rings (SSSR count). The Hall–Kier alpha value is -2.41. The number of nitrogens with one attached hydrogen (secondary N) is 3. The number of fused-ring (bicyclic) bond motifs is 1. The largest absolute Gasteiger partial charge is 0.393 e. The second-order valence-electron chi connectivity index (χ2n) is 8.67. The van der Waals surface area contributed by atoms with Gasteiger partial charge in [0.05, 0.1) is 23.3 Å². The summed E-state index contributed by atoms with van der Waals surface area (Å²) >= 11 is 1.45. The molecule has 0 aromatic carbocycles. The molecule has 0 spiro atoms. The van der Waals surface area contributed by atoms with Crippen LogP contribution in [0.3, 0.4) is 0 Å². The predicted octanol–water partition coefficient (Wildman–Crippen LogP) is 2.22. The Morgan fingerprint density at radius 3 is 2.70 bits per heavy atom. The molecule has 3 aromatic rings. The molecule has 0 radical (unpaired) electrons. The van der Waals surface area contributed by atoms with E-state index in [1.54, 1.807) is 6.20 Å². The number of aliphatic hydroxyl groups excluding tert-OH is 1. The maximum atomic E-state index is 11.8. The fourth-order valence-corrected chi connectivity index (χ4v) is 6.78. The van der Waals surface area contributed by atoms with Gasteiger partial charge >= 0.3 is 0 Å². The van der Waals surface area contributed by atoms with Gasteiger partial charge in [-0.2, -0.15) is 4.98 Å². The van der Waals surface area contributed by atoms with Crippen molar-refractivity contribution in [2.24, 2.45) is 0 Å². The first-order valence-electron chi connectivity index (χ1n) is 11.2. The average Bonchev–Trinajstić information content (AvgIpc) is 3.35. The Morgan fingerprint density at radius 1 is 1.09 bits per heavy atom. The van der Waals surface area contributed by atoms with Crippen LogP contribution in [0.15, 0.2) is 24.4 Å². The topological polar surface area (TPSA) is 142 Å². The first-order chi connectivity index (χ1) is 15.9. The van der Waals surface area contributed by atoms with Gasteiger partial charge in [-0.3, -0.25) is 0 Å². The number of nitrogens with zero attached hydrogens (tertiary/aromatic N) is 4. The van der Waals surface area contributed by atoms with Gasteiger partial charge in [-0.1, -0.05) is 11.3 Å². The maximum Gasteiger partial charge on any atom is 0.225 e. The summed E-state index contributed by atoms with van der Waals surface area (Å²) in [6, 6.07) is 5.77. The first kappa shape index (κ1) is 22.4. The van der Waals surface area contributed by atoms with E-state index < -0.39 is 9.84 Å². The standard InChI is InChI=1S/C21H27N7O3S2/c29-16-5-3-13(4-6-16)24-20-25-15(11-23-14-7-9-33(30,31)12-14)10-18(27-20)28-21-26-17-2-1-8-22-19(17)32-21/h1-2,8,10,13-14,16,23,29H,3-7,9,11-12H2,(H2,24,25,26,27,28). The maximum absolute atomic E-state index is 11.8. The molecule has 1 unspecified atom stereocenters. The summed E-state index contributed by atoms with van der Waals surface area (Å²) in [5.74, 6) is 1.51. The van der Waals surface area contributed by atoms with Crippen molar-refractivity contribution in [3.8, 4) is 0 Å². The van der Waals surface area contributed by atoms with E-state index in [1.807, 2.05) is 18.2 Å². The van der Waals surface area contributed by atoms with Gasteiger partial charge in [0.25, 0.3) is 0 Å². The fourth-order valence-electron chi connectivity index (χ4n) is 4.26. The third-order valence-electron chi connectivity index (χ3n) is 6.01. The number of anilines is 3. The first-order valence-corrected chi connectivity index (χ1v) is 13.8. The summed E-state index contributed by atoms with van der Waals surface area (Å²) in [7, 11) is -2.95. The molecule has 0 bridgehead atoms. The third kappa shape index (κ3) is 5.75. The molecule has 2 aliphatic rings. The Morgan fingerprint density at radius 2 is 1.94 bits per heavy atom. The number of aromatic nitrogens is 4. The van der Waals surface area contributed by atoms with E-state index in [4.69, 9.17) is 0 Å². The van der Waals surface area contributed by atoms with Crippen LogP contribution in [0.4, 0.5) is 16.9 Å². The van der Waals surface area contributed by atoms with E-state index in [1.165, 1.54) is 11.3 Å². The number of hydrogen-bond acceptors (Lipinski definition) is 11. The van der Waals surface area contributed by atoms with Gasteiger partial charge in [0.15, 0.2) is 15.0 Å². The molecule has 1 aliphatic heterocycles. The van der Waals surface area contributed by atoms with Crippen molar-refractivity contribution in [3.63, 3.8) is 0 Å². The Bertz CT molecular complexity index is 1190. The second-order valence-corrected chi connectivity index (χ2v) is 11.9. The van der Waals surface area contributed by atoms with Gasteiger partial charge < -0.3 is 21.1 Å². The molecule has 1 aliphatic carbocycles. The van der Waals surface area contributed by atoms with Crippen molar-refractivity contribution in [1.29, 1.82) is 0 Å². The minimum Gasteiger partial charge on any atom is -0.393 e. The molecule has 0 amide bonds. The highest BCUT2D eigenvalue weighted by Crippen LogP contribution is 2.27. The van der Waals surface area contributed by atoms with Crippen molar-refractivity contribution in [2.75, 3.05) is 22.1 Å². The molecule has 2 fully saturated rings. The van der Waals surface area contributed by atoms with Crippen LogP contribution < -0.4 is 16.0 Å². The van der Waals surface area contributed by atoms with E-state index in [0.29, 0.717) is 29.9 Å². The van der Waals surface area contributed by atoms with Crippen LogP contribution in [0, 0.1) is 0 Å². The van der Waals surface area contributed by atoms with Crippen LogP contribution in [0.1, 0.15) is 37.8 Å². The van der Waals surface area contributed by atoms with Crippen LogP contribution in [-0.4, -0.2) is 63.2 Å². The zero-order valence-corrected chi connectivity index (χ0v) is 19.7. The van der Waals surface area contributed by atoms with Gasteiger partial charge in [-0.25, -0.2) is 23.4 Å². The molecule has 10 nitrogen and oxygen atoms in total. The quantitative estimate of drug-likeness (QED) is 0.390. The van der Waals surface area contributed by atoms with Gasteiger partial charge in [0, 0.05) is 30.9 Å². The van der Waals surface area contributed by atoms with Crippen molar-refractivity contribution in [3.05, 3.63) is 30.1 Å². The van der Waals surface area contributed by atoms with Gasteiger partial charge in [0.1, 0.15) is 16.2 Å². The lowest BCUT2D eigenvalue weighted by atomic mass is 9.93. The molecule has 3 aromatic heterocycles. The summed E-state index contributed by atoms with van der Waals surface area (Å²) in [6.07, 6.45) is 5.38. The molecule has 4 heterocycles. The fraction of sp³-hybridized carbons (Fsp3) is 0.524. The van der Waals surface area contributed by atoms with Crippen LogP contribution in [0.2, 0.25) is 0 Å². The van der Waals surface area contributed by atoms with Gasteiger partial charge in [-0.05, 0) is 44.2 Å². The normalized spacial score (nSPS) is 24.7. The lowest BCUT2D eigenvalue weighted by Crippen LogP contribution is -2.31. The Kier molecular flexibility index (Phi) is 6.41. The molecule has 176 valence electrons. The number of thiazole rings is 1. The highest BCUT2D eigenvalue weighted by molar-refractivity contribution is 7.91. The van der Waals surface area contributed by atoms with E-state index in [0.717, 1.165) is 41.7 Å². The highest BCUT2D eigenvalue weighted by Gasteiger charge is 2.27. The van der Waals surface area contributed by atoms with E-state index >= 15 is 0 Å². The predicted molar refractivity (Wildman–Crippen MR) is 129 cm³/mol. The Balaban J connectivity index is 1.34. The molecule has 4 N–H and O–H groups in total. The van der Waals surface area contributed by atoms with Gasteiger partial charge in [-0.15, -0.1) is 0 Å². The zero-order valence-electron chi connectivity index (χ0n) is 18.1. The molecule has 1 saturated heterocycles. The molecule has 12 heteroatoms. The van der Waals surface area contributed by atoms with Crippen molar-refractivity contribution in [2.45, 2.75) is 56.8 Å². The monoisotopic (exact) mass is 489 g/mol. The molecule has 33 heavy (non-hydrogen) atoms. The number of rotatable bonds is 7. The minimum atomic E-state index is -2.95. The van der Waals surface area contributed by atoms with E-state index in [9.17, 15) is 13.5 Å². The zero-order chi connectivity index (χ0) is 22.8. The smallest absolute Gasteiger partial charge is 0.225 e. The van der Waals surface area contributed by atoms with Crippen LogP contribution in [0.25, 0.3) is 10.3 Å². The third-order valence-corrected chi connectivity index (χ3v) is 8.68. The molecular formula is C21H27N7O3S2. The van der Waals surface area contributed by atoms with Crippen LogP contribution in [0.5, 0.6) is 0 Å². The summed E-state index contributed by atoms with van der Waals surface area (Å²) in [6.45, 7) is 0.441. The second kappa shape index (κ2) is 9.45. The molecule has 1 atom stereocenters. The summed E-state index contributed by atoms with van der Waals surface area (Å²) in [5.41, 5.74) is 1.58. The number of pyridine rings is 1. The summed E-state index contributed by atoms with van der Waals surface area (Å²) in [5, 5.41) is 20.5. The van der Waals surface area contributed by atoms with Crippen LogP contribution in [-0.2, 0) is 16.4 Å². The molecular weight excluding hydrogens is 462 g/mol. The average molecular weight is 490 g/mol. The summed E-state index contributed by atoms with van der Waals surface area (Å²) in [4.78, 5) is 19.1. The van der Waals surface area contributed by atoms with Crippen molar-refractivity contribution in [1.82, 2.24) is 25.3 Å². The Labute approximate surface area is 196 Å². The number of aliphatic hydroxyl groups is 1. The number of sulfone groups is 1. The lowest BCUT2D eigenvalue weighted by molar-refractivity contribution is 0.126. The highest BCUT2D eigenvalue weighted by atomic mass is 32.2. The SMILES string of the molecule is O=S1(=O)CCC(NCc2cc(Nc3nc4cccnc4s3)nc(NC3CCC(O)CC3)n2)C1.